The lowest BCUT2D eigenvalue weighted by Crippen LogP contribution is -2.54. The van der Waals surface area contributed by atoms with Gasteiger partial charge in [0.15, 0.2) is 0 Å². The van der Waals surface area contributed by atoms with Gasteiger partial charge < -0.3 is 20.5 Å². The minimum absolute atomic E-state index is 0.0114. The van der Waals surface area contributed by atoms with Crippen molar-refractivity contribution in [3.05, 3.63) is 0 Å². The number of carboxylic acid groups (broad SMARTS) is 1. The van der Waals surface area contributed by atoms with Crippen molar-refractivity contribution in [1.29, 1.82) is 0 Å². The molecule has 1 aliphatic rings. The number of hydrogen-bond donors (Lipinski definition) is 3. The van der Waals surface area contributed by atoms with Crippen molar-refractivity contribution >= 4 is 23.9 Å². The van der Waals surface area contributed by atoms with Gasteiger partial charge in [0, 0.05) is 19.5 Å². The zero-order valence-corrected chi connectivity index (χ0v) is 18.3. The van der Waals surface area contributed by atoms with E-state index in [4.69, 9.17) is 4.74 Å². The SMILES string of the molecule is CC(C)C[C@@H](C(=O)N[C@@H](C[C@@H]1CCCNC1=O)C(=O)O)N(C)C(=O)OC(C)(C)C. The minimum atomic E-state index is -1.21. The lowest BCUT2D eigenvalue weighted by atomic mass is 9.91. The van der Waals surface area contributed by atoms with Gasteiger partial charge in [-0.05, 0) is 52.4 Å². The summed E-state index contributed by atoms with van der Waals surface area (Å²) in [5, 5.41) is 14.8. The summed E-state index contributed by atoms with van der Waals surface area (Å²) in [5.41, 5.74) is -0.720. The smallest absolute Gasteiger partial charge is 0.410 e. The number of hydrogen-bond acceptors (Lipinski definition) is 5. The van der Waals surface area contributed by atoms with Crippen LogP contribution in [0.4, 0.5) is 4.79 Å². The number of amides is 3. The molecule has 0 aromatic rings. The van der Waals surface area contributed by atoms with Crippen molar-refractivity contribution in [3.63, 3.8) is 0 Å². The van der Waals surface area contributed by atoms with Crippen molar-refractivity contribution in [2.45, 2.75) is 78.0 Å². The predicted octanol–water partition coefficient (Wildman–Crippen LogP) is 1.75. The van der Waals surface area contributed by atoms with Crippen LogP contribution >= 0.6 is 0 Å². The average molecular weight is 414 g/mol. The van der Waals surface area contributed by atoms with Gasteiger partial charge in [0.25, 0.3) is 0 Å². The number of likely N-dealkylation sites (N-methyl/N-ethyl adjacent to an activating group) is 1. The number of carboxylic acids is 1. The molecule has 1 heterocycles. The summed E-state index contributed by atoms with van der Waals surface area (Å²) in [6.07, 6.45) is 1.05. The van der Waals surface area contributed by atoms with Crippen LogP contribution in [0.15, 0.2) is 0 Å². The van der Waals surface area contributed by atoms with Crippen LogP contribution in [-0.4, -0.2) is 65.2 Å². The Kier molecular flexibility index (Phi) is 8.91. The molecule has 0 aliphatic carbocycles. The molecule has 9 heteroatoms. The van der Waals surface area contributed by atoms with Gasteiger partial charge in [-0.2, -0.15) is 0 Å². The maximum absolute atomic E-state index is 12.9. The van der Waals surface area contributed by atoms with Crippen molar-refractivity contribution < 1.29 is 29.0 Å². The molecule has 1 rings (SSSR count). The molecule has 0 radical (unpaired) electrons. The second-order valence-electron chi connectivity index (χ2n) is 9.00. The summed E-state index contributed by atoms with van der Waals surface area (Å²) in [4.78, 5) is 50.2. The highest BCUT2D eigenvalue weighted by molar-refractivity contribution is 5.89. The topological polar surface area (TPSA) is 125 Å². The summed E-state index contributed by atoms with van der Waals surface area (Å²) in [7, 11) is 1.46. The highest BCUT2D eigenvalue weighted by atomic mass is 16.6. The molecule has 0 unspecified atom stereocenters. The van der Waals surface area contributed by atoms with Crippen molar-refractivity contribution in [2.75, 3.05) is 13.6 Å². The third-order valence-corrected chi connectivity index (χ3v) is 4.68. The fourth-order valence-corrected chi connectivity index (χ4v) is 3.18. The van der Waals surface area contributed by atoms with E-state index in [9.17, 15) is 24.3 Å². The number of carbonyl (C=O) groups excluding carboxylic acids is 3. The van der Waals surface area contributed by atoms with Crippen LogP contribution < -0.4 is 10.6 Å². The molecule has 0 spiro atoms. The molecule has 1 fully saturated rings. The maximum Gasteiger partial charge on any atom is 0.410 e. The van der Waals surface area contributed by atoms with Gasteiger partial charge in [-0.25, -0.2) is 9.59 Å². The Morgan fingerprint density at radius 1 is 1.31 bits per heavy atom. The molecular formula is C20H35N3O6. The lowest BCUT2D eigenvalue weighted by molar-refractivity contribution is -0.143. The highest BCUT2D eigenvalue weighted by Gasteiger charge is 2.35. The Bertz CT molecular complexity index is 614. The van der Waals surface area contributed by atoms with Crippen LogP contribution in [-0.2, 0) is 19.1 Å². The molecule has 0 saturated carbocycles. The first kappa shape index (κ1) is 24.7. The van der Waals surface area contributed by atoms with Crippen LogP contribution in [0.5, 0.6) is 0 Å². The van der Waals surface area contributed by atoms with E-state index in [0.29, 0.717) is 19.4 Å². The maximum atomic E-state index is 12.9. The van der Waals surface area contributed by atoms with Crippen LogP contribution in [0.25, 0.3) is 0 Å². The van der Waals surface area contributed by atoms with Crippen molar-refractivity contribution in [3.8, 4) is 0 Å². The largest absolute Gasteiger partial charge is 0.480 e. The molecular weight excluding hydrogens is 378 g/mol. The van der Waals surface area contributed by atoms with Crippen LogP contribution in [0.2, 0.25) is 0 Å². The fraction of sp³-hybridized carbons (Fsp3) is 0.800. The van der Waals surface area contributed by atoms with Gasteiger partial charge in [-0.1, -0.05) is 13.8 Å². The molecule has 1 saturated heterocycles. The van der Waals surface area contributed by atoms with Crippen molar-refractivity contribution in [2.24, 2.45) is 11.8 Å². The third-order valence-electron chi connectivity index (χ3n) is 4.68. The fourth-order valence-electron chi connectivity index (χ4n) is 3.18. The zero-order chi connectivity index (χ0) is 22.4. The Morgan fingerprint density at radius 2 is 1.93 bits per heavy atom. The Balaban J connectivity index is 2.91. The van der Waals surface area contributed by atoms with E-state index in [1.165, 1.54) is 11.9 Å². The zero-order valence-electron chi connectivity index (χ0n) is 18.3. The van der Waals surface area contributed by atoms with Gasteiger partial charge in [-0.3, -0.25) is 14.5 Å². The van der Waals surface area contributed by atoms with Crippen LogP contribution in [0.1, 0.15) is 60.3 Å². The van der Waals surface area contributed by atoms with E-state index in [-0.39, 0.29) is 18.2 Å². The first-order chi connectivity index (χ1) is 13.3. The van der Waals surface area contributed by atoms with Gasteiger partial charge in [0.1, 0.15) is 17.7 Å². The summed E-state index contributed by atoms with van der Waals surface area (Å²) in [6.45, 7) is 9.58. The molecule has 3 N–H and O–H groups in total. The number of rotatable bonds is 8. The van der Waals surface area contributed by atoms with Gasteiger partial charge >= 0.3 is 12.1 Å². The Labute approximate surface area is 172 Å². The normalized spacial score (nSPS) is 19.1. The summed E-state index contributed by atoms with van der Waals surface area (Å²) in [5.74, 6) is -2.35. The van der Waals surface area contributed by atoms with E-state index in [1.54, 1.807) is 20.8 Å². The van der Waals surface area contributed by atoms with Crippen LogP contribution in [0, 0.1) is 11.8 Å². The van der Waals surface area contributed by atoms with Gasteiger partial charge in [0.05, 0.1) is 0 Å². The number of carbonyl (C=O) groups is 4. The van der Waals surface area contributed by atoms with E-state index in [0.717, 1.165) is 6.42 Å². The number of aliphatic carboxylic acids is 1. The Hall–Kier alpha value is -2.32. The molecule has 3 amide bonds. The summed E-state index contributed by atoms with van der Waals surface area (Å²) >= 11 is 0. The molecule has 1 aliphatic heterocycles. The molecule has 166 valence electrons. The number of nitrogens with one attached hydrogen (secondary N) is 2. The van der Waals surface area contributed by atoms with E-state index < -0.39 is 41.6 Å². The molecule has 0 aromatic heterocycles. The monoisotopic (exact) mass is 413 g/mol. The van der Waals surface area contributed by atoms with E-state index in [1.807, 2.05) is 13.8 Å². The van der Waals surface area contributed by atoms with E-state index >= 15 is 0 Å². The molecule has 9 nitrogen and oxygen atoms in total. The molecule has 0 aromatic carbocycles. The van der Waals surface area contributed by atoms with Gasteiger partial charge in [-0.15, -0.1) is 0 Å². The minimum Gasteiger partial charge on any atom is -0.480 e. The van der Waals surface area contributed by atoms with Gasteiger partial charge in [0.2, 0.25) is 11.8 Å². The van der Waals surface area contributed by atoms with E-state index in [2.05, 4.69) is 10.6 Å². The van der Waals surface area contributed by atoms with Crippen LogP contribution in [0.3, 0.4) is 0 Å². The summed E-state index contributed by atoms with van der Waals surface area (Å²) < 4.78 is 5.34. The number of ether oxygens (including phenoxy) is 1. The first-order valence-electron chi connectivity index (χ1n) is 10.1. The molecule has 29 heavy (non-hydrogen) atoms. The molecule has 0 bridgehead atoms. The first-order valence-corrected chi connectivity index (χ1v) is 10.1. The second-order valence-corrected chi connectivity index (χ2v) is 9.00. The molecule has 3 atom stereocenters. The highest BCUT2D eigenvalue weighted by Crippen LogP contribution is 2.19. The summed E-state index contributed by atoms with van der Waals surface area (Å²) in [6, 6.07) is -2.09. The number of nitrogens with zero attached hydrogens (tertiary/aromatic N) is 1. The third kappa shape index (κ3) is 8.29. The van der Waals surface area contributed by atoms with Crippen molar-refractivity contribution in [1.82, 2.24) is 15.5 Å². The standard InChI is InChI=1S/C20H35N3O6/c1-12(2)10-15(23(6)19(28)29-20(3,4)5)17(25)22-14(18(26)27)11-13-8-7-9-21-16(13)24/h12-15H,7-11H2,1-6H3,(H,21,24)(H,22,25)(H,26,27)/t13-,14-,15-/m0/s1. The quantitative estimate of drug-likeness (QED) is 0.557. The Morgan fingerprint density at radius 3 is 2.41 bits per heavy atom. The average Bonchev–Trinajstić information content (AvgIpc) is 2.58. The predicted molar refractivity (Wildman–Crippen MR) is 107 cm³/mol. The lowest BCUT2D eigenvalue weighted by Gasteiger charge is -2.32. The second kappa shape index (κ2) is 10.5. The number of piperidine rings is 1.